The molecular weight excluding hydrogens is 240 g/mol. The van der Waals surface area contributed by atoms with Crippen LogP contribution in [-0.2, 0) is 4.79 Å². The van der Waals surface area contributed by atoms with E-state index in [2.05, 4.69) is 29.2 Å². The highest BCUT2D eigenvalue weighted by atomic mass is 16.4. The maximum atomic E-state index is 11.0. The Morgan fingerprint density at radius 1 is 1.32 bits per heavy atom. The fourth-order valence-corrected chi connectivity index (χ4v) is 2.66. The van der Waals surface area contributed by atoms with Crippen LogP contribution in [0.1, 0.15) is 19.8 Å². The first-order valence-corrected chi connectivity index (χ1v) is 6.84. The minimum absolute atomic E-state index is 0.367. The SMILES string of the molecule is CC(C(=O)O)N(C)C1CCN(c2ccccc2)CC1. The average molecular weight is 262 g/mol. The topological polar surface area (TPSA) is 43.8 Å². The summed E-state index contributed by atoms with van der Waals surface area (Å²) in [7, 11) is 1.92. The molecule has 0 saturated carbocycles. The number of hydrogen-bond acceptors (Lipinski definition) is 3. The van der Waals surface area contributed by atoms with Gasteiger partial charge < -0.3 is 10.0 Å². The third kappa shape index (κ3) is 3.26. The number of carboxylic acid groups (broad SMARTS) is 1. The third-order valence-electron chi connectivity index (χ3n) is 4.13. The van der Waals surface area contributed by atoms with Crippen molar-refractivity contribution in [3.8, 4) is 0 Å². The van der Waals surface area contributed by atoms with Crippen LogP contribution in [0.3, 0.4) is 0 Å². The van der Waals surface area contributed by atoms with Crippen LogP contribution in [-0.4, -0.2) is 48.2 Å². The van der Waals surface area contributed by atoms with Gasteiger partial charge in [-0.2, -0.15) is 0 Å². The van der Waals surface area contributed by atoms with Crippen molar-refractivity contribution in [3.05, 3.63) is 30.3 Å². The maximum absolute atomic E-state index is 11.0. The van der Waals surface area contributed by atoms with Gasteiger partial charge in [-0.05, 0) is 38.9 Å². The van der Waals surface area contributed by atoms with Gasteiger partial charge in [0.05, 0.1) is 0 Å². The van der Waals surface area contributed by atoms with Crippen molar-refractivity contribution in [1.29, 1.82) is 0 Å². The van der Waals surface area contributed by atoms with Gasteiger partial charge in [-0.25, -0.2) is 0 Å². The van der Waals surface area contributed by atoms with Gasteiger partial charge in [0, 0.05) is 24.8 Å². The molecule has 1 unspecified atom stereocenters. The monoisotopic (exact) mass is 262 g/mol. The van der Waals surface area contributed by atoms with E-state index in [1.807, 2.05) is 18.0 Å². The molecule has 0 bridgehead atoms. The van der Waals surface area contributed by atoms with Crippen LogP contribution >= 0.6 is 0 Å². The minimum atomic E-state index is -0.743. The first-order valence-electron chi connectivity index (χ1n) is 6.84. The molecule has 2 rings (SSSR count). The van der Waals surface area contributed by atoms with E-state index < -0.39 is 12.0 Å². The second-order valence-corrected chi connectivity index (χ2v) is 5.23. The molecule has 0 radical (unpaired) electrons. The number of nitrogens with zero attached hydrogens (tertiary/aromatic N) is 2. The lowest BCUT2D eigenvalue weighted by atomic mass is 10.0. The lowest BCUT2D eigenvalue weighted by molar-refractivity contribution is -0.143. The van der Waals surface area contributed by atoms with Crippen LogP contribution in [0.2, 0.25) is 0 Å². The van der Waals surface area contributed by atoms with Crippen molar-refractivity contribution < 1.29 is 9.90 Å². The Hall–Kier alpha value is -1.55. The highest BCUT2D eigenvalue weighted by molar-refractivity contribution is 5.72. The smallest absolute Gasteiger partial charge is 0.320 e. The van der Waals surface area contributed by atoms with E-state index in [1.54, 1.807) is 6.92 Å². The molecule has 1 saturated heterocycles. The first kappa shape index (κ1) is 13.9. The number of aliphatic carboxylic acids is 1. The van der Waals surface area contributed by atoms with Crippen LogP contribution in [0.25, 0.3) is 0 Å². The van der Waals surface area contributed by atoms with E-state index in [0.29, 0.717) is 6.04 Å². The van der Waals surface area contributed by atoms with Crippen LogP contribution in [0.5, 0.6) is 0 Å². The van der Waals surface area contributed by atoms with Crippen LogP contribution in [0.4, 0.5) is 5.69 Å². The van der Waals surface area contributed by atoms with Crippen molar-refractivity contribution in [3.63, 3.8) is 0 Å². The quantitative estimate of drug-likeness (QED) is 0.902. The van der Waals surface area contributed by atoms with E-state index in [9.17, 15) is 4.79 Å². The molecular formula is C15H22N2O2. The van der Waals surface area contributed by atoms with Crippen molar-refractivity contribution >= 4 is 11.7 Å². The number of rotatable bonds is 4. The summed E-state index contributed by atoms with van der Waals surface area (Å²) in [6.07, 6.45) is 2.03. The highest BCUT2D eigenvalue weighted by Crippen LogP contribution is 2.22. The van der Waals surface area contributed by atoms with E-state index in [1.165, 1.54) is 5.69 Å². The molecule has 1 fully saturated rings. The van der Waals surface area contributed by atoms with Crippen LogP contribution in [0, 0.1) is 0 Å². The van der Waals surface area contributed by atoms with Gasteiger partial charge in [-0.1, -0.05) is 18.2 Å². The van der Waals surface area contributed by atoms with Crippen molar-refractivity contribution in [2.75, 3.05) is 25.0 Å². The van der Waals surface area contributed by atoms with Crippen molar-refractivity contribution in [2.24, 2.45) is 0 Å². The molecule has 1 aliphatic rings. The second-order valence-electron chi connectivity index (χ2n) is 5.23. The number of para-hydroxylation sites is 1. The van der Waals surface area contributed by atoms with Gasteiger partial charge in [0.25, 0.3) is 0 Å². The van der Waals surface area contributed by atoms with Crippen LogP contribution < -0.4 is 4.90 Å². The van der Waals surface area contributed by atoms with Gasteiger partial charge in [0.15, 0.2) is 0 Å². The summed E-state index contributed by atoms with van der Waals surface area (Å²) in [5.41, 5.74) is 1.26. The molecule has 1 atom stereocenters. The summed E-state index contributed by atoms with van der Waals surface area (Å²) in [5, 5.41) is 9.06. The molecule has 1 N–H and O–H groups in total. The van der Waals surface area contributed by atoms with Gasteiger partial charge in [0.1, 0.15) is 6.04 Å². The second kappa shape index (κ2) is 6.06. The number of likely N-dealkylation sites (N-methyl/N-ethyl adjacent to an activating group) is 1. The number of hydrogen-bond donors (Lipinski definition) is 1. The molecule has 1 aliphatic heterocycles. The predicted molar refractivity (Wildman–Crippen MR) is 76.5 cm³/mol. The Morgan fingerprint density at radius 3 is 2.42 bits per heavy atom. The molecule has 1 aromatic carbocycles. The Labute approximate surface area is 114 Å². The Balaban J connectivity index is 1.91. The zero-order chi connectivity index (χ0) is 13.8. The normalized spacial score (nSPS) is 18.6. The molecule has 19 heavy (non-hydrogen) atoms. The largest absolute Gasteiger partial charge is 0.480 e. The number of piperidine rings is 1. The Kier molecular flexibility index (Phi) is 4.43. The molecule has 4 heteroatoms. The predicted octanol–water partition coefficient (Wildman–Crippen LogP) is 2.06. The van der Waals surface area contributed by atoms with E-state index in [-0.39, 0.29) is 0 Å². The molecule has 0 aromatic heterocycles. The number of carbonyl (C=O) groups is 1. The maximum Gasteiger partial charge on any atom is 0.320 e. The van der Waals surface area contributed by atoms with Gasteiger partial charge in [0.2, 0.25) is 0 Å². The Bertz CT molecular complexity index is 413. The Morgan fingerprint density at radius 2 is 1.89 bits per heavy atom. The zero-order valence-corrected chi connectivity index (χ0v) is 11.6. The van der Waals surface area contributed by atoms with Gasteiger partial charge >= 0.3 is 5.97 Å². The highest BCUT2D eigenvalue weighted by Gasteiger charge is 2.27. The molecule has 0 spiro atoms. The summed E-state index contributed by atoms with van der Waals surface area (Å²) in [5.74, 6) is -0.743. The zero-order valence-electron chi connectivity index (χ0n) is 11.6. The van der Waals surface area contributed by atoms with Crippen LogP contribution in [0.15, 0.2) is 30.3 Å². The number of anilines is 1. The minimum Gasteiger partial charge on any atom is -0.480 e. The summed E-state index contributed by atoms with van der Waals surface area (Å²) in [6, 6.07) is 10.4. The molecule has 1 aromatic rings. The van der Waals surface area contributed by atoms with E-state index in [0.717, 1.165) is 25.9 Å². The average Bonchev–Trinajstić information content (AvgIpc) is 2.46. The molecule has 0 amide bonds. The fourth-order valence-electron chi connectivity index (χ4n) is 2.66. The van der Waals surface area contributed by atoms with Crippen molar-refractivity contribution in [1.82, 2.24) is 4.90 Å². The molecule has 104 valence electrons. The lowest BCUT2D eigenvalue weighted by Gasteiger charge is -2.39. The standard InChI is InChI=1S/C15H22N2O2/c1-12(15(18)19)16(2)13-8-10-17(11-9-13)14-6-4-3-5-7-14/h3-7,12-13H,8-11H2,1-2H3,(H,18,19). The lowest BCUT2D eigenvalue weighted by Crippen LogP contribution is -2.48. The molecule has 4 nitrogen and oxygen atoms in total. The summed E-state index contributed by atoms with van der Waals surface area (Å²) < 4.78 is 0. The van der Waals surface area contributed by atoms with Gasteiger partial charge in [-0.15, -0.1) is 0 Å². The molecule has 0 aliphatic carbocycles. The number of carboxylic acids is 1. The first-order chi connectivity index (χ1) is 9.09. The summed E-state index contributed by atoms with van der Waals surface area (Å²) >= 11 is 0. The third-order valence-corrected chi connectivity index (χ3v) is 4.13. The molecule has 1 heterocycles. The van der Waals surface area contributed by atoms with Crippen molar-refractivity contribution in [2.45, 2.75) is 31.8 Å². The van der Waals surface area contributed by atoms with E-state index in [4.69, 9.17) is 5.11 Å². The van der Waals surface area contributed by atoms with Gasteiger partial charge in [-0.3, -0.25) is 9.69 Å². The summed E-state index contributed by atoms with van der Waals surface area (Å²) in [6.45, 7) is 3.74. The van der Waals surface area contributed by atoms with E-state index >= 15 is 0 Å². The summed E-state index contributed by atoms with van der Waals surface area (Å²) in [4.78, 5) is 15.4. The number of benzene rings is 1. The fraction of sp³-hybridized carbons (Fsp3) is 0.533.